The van der Waals surface area contributed by atoms with Gasteiger partial charge in [0.15, 0.2) is 0 Å². The van der Waals surface area contributed by atoms with Crippen molar-refractivity contribution < 1.29 is 9.53 Å². The smallest absolute Gasteiger partial charge is 0.257 e. The number of para-hydroxylation sites is 2. The standard InChI is InChI=1S/C28H29N5O2S/c1-35-21-10-8-19(9-11-21)25-17-24(26-7-4-16-36-26)31-33(25)27(34)18-32-14-12-20(13-15-32)28-29-22-5-2-3-6-23(22)30-28/h2-11,16,20,25H,12-15,17-18H2,1H3,(H,29,30). The van der Waals surface area contributed by atoms with Gasteiger partial charge < -0.3 is 9.72 Å². The molecule has 1 unspecified atom stereocenters. The fourth-order valence-corrected chi connectivity index (χ4v) is 5.93. The highest BCUT2D eigenvalue weighted by molar-refractivity contribution is 7.12. The third-order valence-corrected chi connectivity index (χ3v) is 8.13. The van der Waals surface area contributed by atoms with E-state index >= 15 is 0 Å². The van der Waals surface area contributed by atoms with Gasteiger partial charge >= 0.3 is 0 Å². The second kappa shape index (κ2) is 9.87. The molecular formula is C28H29N5O2S. The van der Waals surface area contributed by atoms with Gasteiger partial charge in [0.1, 0.15) is 11.6 Å². The Hall–Kier alpha value is -3.49. The first-order chi connectivity index (χ1) is 17.7. The molecule has 1 atom stereocenters. The van der Waals surface area contributed by atoms with E-state index in [1.807, 2.05) is 48.5 Å². The molecule has 0 aliphatic carbocycles. The van der Waals surface area contributed by atoms with Gasteiger partial charge in [0, 0.05) is 12.3 Å². The molecule has 0 bridgehead atoms. The Morgan fingerprint density at radius 3 is 2.61 bits per heavy atom. The number of rotatable bonds is 6. The normalized spacial score (nSPS) is 19.1. The number of methoxy groups -OCH3 is 1. The lowest BCUT2D eigenvalue weighted by Gasteiger charge is -2.32. The molecule has 184 valence electrons. The van der Waals surface area contributed by atoms with Crippen molar-refractivity contribution in [2.45, 2.75) is 31.2 Å². The maximum absolute atomic E-state index is 13.5. The van der Waals surface area contributed by atoms with Crippen LogP contribution in [0.3, 0.4) is 0 Å². The van der Waals surface area contributed by atoms with Crippen LogP contribution in [0.25, 0.3) is 11.0 Å². The number of aromatic nitrogens is 2. The molecule has 1 amide bonds. The molecule has 2 aliphatic rings. The quantitative estimate of drug-likeness (QED) is 0.396. The van der Waals surface area contributed by atoms with E-state index < -0.39 is 0 Å². The number of fused-ring (bicyclic) bond motifs is 1. The summed E-state index contributed by atoms with van der Waals surface area (Å²) >= 11 is 1.66. The lowest BCUT2D eigenvalue weighted by Crippen LogP contribution is -2.41. The van der Waals surface area contributed by atoms with Gasteiger partial charge in [0.2, 0.25) is 0 Å². The van der Waals surface area contributed by atoms with Crippen molar-refractivity contribution in [2.24, 2.45) is 5.10 Å². The van der Waals surface area contributed by atoms with Crippen LogP contribution >= 0.6 is 11.3 Å². The molecule has 1 fully saturated rings. The highest BCUT2D eigenvalue weighted by Gasteiger charge is 2.35. The predicted octanol–water partition coefficient (Wildman–Crippen LogP) is 5.19. The summed E-state index contributed by atoms with van der Waals surface area (Å²) in [6, 6.07) is 20.1. The van der Waals surface area contributed by atoms with Crippen LogP contribution in [0.2, 0.25) is 0 Å². The number of hydrogen-bond donors (Lipinski definition) is 1. The van der Waals surface area contributed by atoms with Crippen LogP contribution in [0, 0.1) is 0 Å². The minimum atomic E-state index is -0.103. The van der Waals surface area contributed by atoms with Crippen LogP contribution in [0.15, 0.2) is 71.1 Å². The van der Waals surface area contributed by atoms with E-state index in [2.05, 4.69) is 27.4 Å². The van der Waals surface area contributed by atoms with Crippen LogP contribution < -0.4 is 4.74 Å². The molecule has 1 N–H and O–H groups in total. The zero-order valence-corrected chi connectivity index (χ0v) is 21.1. The van der Waals surface area contributed by atoms with Crippen LogP contribution in [0.5, 0.6) is 5.75 Å². The second-order valence-electron chi connectivity index (χ2n) is 9.44. The van der Waals surface area contributed by atoms with Crippen molar-refractivity contribution in [3.8, 4) is 5.75 Å². The van der Waals surface area contributed by atoms with E-state index in [1.54, 1.807) is 23.5 Å². The molecule has 0 saturated carbocycles. The van der Waals surface area contributed by atoms with E-state index in [1.165, 1.54) is 0 Å². The van der Waals surface area contributed by atoms with Gasteiger partial charge in [-0.2, -0.15) is 5.10 Å². The van der Waals surface area contributed by atoms with Crippen LogP contribution in [-0.4, -0.2) is 58.2 Å². The van der Waals surface area contributed by atoms with Gasteiger partial charge in [-0.1, -0.05) is 30.3 Å². The second-order valence-corrected chi connectivity index (χ2v) is 10.4. The molecule has 6 rings (SSSR count). The third-order valence-electron chi connectivity index (χ3n) is 7.21. The Morgan fingerprint density at radius 1 is 1.08 bits per heavy atom. The number of benzene rings is 2. The molecule has 0 spiro atoms. The number of hydrogen-bond acceptors (Lipinski definition) is 6. The van der Waals surface area contributed by atoms with Gasteiger partial charge in [-0.05, 0) is 67.2 Å². The molecule has 2 aromatic heterocycles. The molecule has 0 radical (unpaired) electrons. The maximum atomic E-state index is 13.5. The lowest BCUT2D eigenvalue weighted by molar-refractivity contribution is -0.134. The molecule has 36 heavy (non-hydrogen) atoms. The SMILES string of the molecule is COc1ccc(C2CC(c3cccs3)=NN2C(=O)CN2CCC(c3nc4ccccc4[nH]3)CC2)cc1. The van der Waals surface area contributed by atoms with E-state index in [0.29, 0.717) is 18.9 Å². The Bertz CT molecular complexity index is 1340. The number of imidazole rings is 1. The molecule has 4 heterocycles. The van der Waals surface area contributed by atoms with E-state index in [-0.39, 0.29) is 11.9 Å². The lowest BCUT2D eigenvalue weighted by atomic mass is 9.96. The number of nitrogens with zero attached hydrogens (tertiary/aromatic N) is 4. The van der Waals surface area contributed by atoms with Gasteiger partial charge in [-0.25, -0.2) is 9.99 Å². The summed E-state index contributed by atoms with van der Waals surface area (Å²) in [4.78, 5) is 25.2. The summed E-state index contributed by atoms with van der Waals surface area (Å²) in [5.41, 5.74) is 4.15. The van der Waals surface area contributed by atoms with E-state index in [4.69, 9.17) is 14.8 Å². The number of carbonyl (C=O) groups excluding carboxylic acids is 1. The summed E-state index contributed by atoms with van der Waals surface area (Å²) < 4.78 is 5.32. The number of likely N-dealkylation sites (tertiary alicyclic amines) is 1. The van der Waals surface area contributed by atoms with Crippen molar-refractivity contribution in [2.75, 3.05) is 26.7 Å². The van der Waals surface area contributed by atoms with Crippen molar-refractivity contribution in [1.29, 1.82) is 0 Å². The maximum Gasteiger partial charge on any atom is 0.257 e. The molecule has 8 heteroatoms. The minimum absolute atomic E-state index is 0.0459. The minimum Gasteiger partial charge on any atom is -0.497 e. The van der Waals surface area contributed by atoms with Gasteiger partial charge in [0.25, 0.3) is 5.91 Å². The molecule has 4 aromatic rings. The van der Waals surface area contributed by atoms with E-state index in [0.717, 1.165) is 64.7 Å². The number of hydrazone groups is 1. The number of aromatic amines is 1. The zero-order chi connectivity index (χ0) is 24.5. The molecular weight excluding hydrogens is 470 g/mol. The van der Waals surface area contributed by atoms with Crippen molar-refractivity contribution in [1.82, 2.24) is 19.9 Å². The number of amides is 1. The number of H-pyrrole nitrogens is 1. The summed E-state index contributed by atoms with van der Waals surface area (Å²) in [5.74, 6) is 2.31. The highest BCUT2D eigenvalue weighted by atomic mass is 32.1. The molecule has 2 aliphatic heterocycles. The first-order valence-corrected chi connectivity index (χ1v) is 13.3. The molecule has 1 saturated heterocycles. The topological polar surface area (TPSA) is 73.8 Å². The van der Waals surface area contributed by atoms with Gasteiger partial charge in [0.05, 0.1) is 41.3 Å². The van der Waals surface area contributed by atoms with Crippen molar-refractivity contribution in [3.63, 3.8) is 0 Å². The Labute approximate surface area is 214 Å². The molecule has 7 nitrogen and oxygen atoms in total. The van der Waals surface area contributed by atoms with Crippen LogP contribution in [-0.2, 0) is 4.79 Å². The Kier molecular flexibility index (Phi) is 6.29. The molecule has 2 aromatic carbocycles. The fourth-order valence-electron chi connectivity index (χ4n) is 5.21. The third kappa shape index (κ3) is 4.54. The number of thiophene rings is 1. The summed E-state index contributed by atoms with van der Waals surface area (Å²) in [6.07, 6.45) is 2.68. The Morgan fingerprint density at radius 2 is 1.89 bits per heavy atom. The number of carbonyl (C=O) groups is 1. The first kappa shape index (κ1) is 22.9. The fraction of sp³-hybridized carbons (Fsp3) is 0.321. The van der Waals surface area contributed by atoms with Crippen molar-refractivity contribution in [3.05, 3.63) is 82.3 Å². The predicted molar refractivity (Wildman–Crippen MR) is 143 cm³/mol. The van der Waals surface area contributed by atoms with Crippen molar-refractivity contribution >= 4 is 34.0 Å². The number of piperidine rings is 1. The van der Waals surface area contributed by atoms with E-state index in [9.17, 15) is 4.79 Å². The monoisotopic (exact) mass is 499 g/mol. The zero-order valence-electron chi connectivity index (χ0n) is 20.3. The summed E-state index contributed by atoms with van der Waals surface area (Å²) in [6.45, 7) is 2.12. The van der Waals surface area contributed by atoms with Gasteiger partial charge in [-0.15, -0.1) is 11.3 Å². The number of nitrogens with one attached hydrogen (secondary N) is 1. The Balaban J connectivity index is 1.14. The van der Waals surface area contributed by atoms with Gasteiger partial charge in [-0.3, -0.25) is 9.69 Å². The summed E-state index contributed by atoms with van der Waals surface area (Å²) in [7, 11) is 1.66. The summed E-state index contributed by atoms with van der Waals surface area (Å²) in [5, 5.41) is 8.58. The first-order valence-electron chi connectivity index (χ1n) is 12.4. The number of ether oxygens (including phenoxy) is 1. The van der Waals surface area contributed by atoms with Crippen LogP contribution in [0.4, 0.5) is 0 Å². The highest BCUT2D eigenvalue weighted by Crippen LogP contribution is 2.35. The van der Waals surface area contributed by atoms with Crippen LogP contribution in [0.1, 0.15) is 47.5 Å². The average molecular weight is 500 g/mol. The average Bonchev–Trinajstić information content (AvgIpc) is 3.68. The largest absolute Gasteiger partial charge is 0.497 e.